The van der Waals surface area contributed by atoms with Gasteiger partial charge in [0.15, 0.2) is 11.6 Å². The molecule has 6 nitrogen and oxygen atoms in total. The monoisotopic (exact) mass is 398 g/mol. The molecular weight excluding hydrogens is 378 g/mol. The Morgan fingerprint density at radius 2 is 1.74 bits per heavy atom. The van der Waals surface area contributed by atoms with Crippen molar-refractivity contribution in [1.29, 1.82) is 0 Å². The SMILES string of the molecule is CCN(CC)S(=O)(=O)c1cc(C(=O)Nc2ccc(F)c(F)c2)ccc1OC. The van der Waals surface area contributed by atoms with E-state index in [0.717, 1.165) is 12.1 Å². The standard InChI is InChI=1S/C18H20F2N2O4S/c1-4-22(5-2)27(24,25)17-10-12(6-9-16(17)26-3)18(23)21-13-7-8-14(19)15(20)11-13/h6-11H,4-5H2,1-3H3,(H,21,23). The molecule has 1 amide bonds. The van der Waals surface area contributed by atoms with E-state index in [-0.39, 0.29) is 35.0 Å². The minimum atomic E-state index is -3.87. The van der Waals surface area contributed by atoms with Crippen LogP contribution in [-0.4, -0.2) is 38.8 Å². The number of nitrogens with one attached hydrogen (secondary N) is 1. The molecule has 0 heterocycles. The van der Waals surface area contributed by atoms with Crippen LogP contribution in [0.1, 0.15) is 24.2 Å². The largest absolute Gasteiger partial charge is 0.495 e. The molecule has 0 radical (unpaired) electrons. The third kappa shape index (κ3) is 4.42. The van der Waals surface area contributed by atoms with Crippen LogP contribution in [0.3, 0.4) is 0 Å². The first-order valence-electron chi connectivity index (χ1n) is 8.19. The van der Waals surface area contributed by atoms with E-state index in [1.165, 1.54) is 35.7 Å². The molecule has 0 aromatic heterocycles. The quantitative estimate of drug-likeness (QED) is 0.777. The number of hydrogen-bond donors (Lipinski definition) is 1. The summed E-state index contributed by atoms with van der Waals surface area (Å²) in [5.74, 6) is -2.71. The maximum absolute atomic E-state index is 13.3. The molecule has 0 aliphatic heterocycles. The van der Waals surface area contributed by atoms with Crippen molar-refractivity contribution < 1.29 is 26.7 Å². The molecule has 2 aromatic carbocycles. The summed E-state index contributed by atoms with van der Waals surface area (Å²) in [7, 11) is -2.54. The predicted octanol–water partition coefficient (Wildman–Crippen LogP) is 3.26. The van der Waals surface area contributed by atoms with Crippen molar-refractivity contribution >= 4 is 21.6 Å². The third-order valence-corrected chi connectivity index (χ3v) is 6.00. The van der Waals surface area contributed by atoms with Gasteiger partial charge in [0, 0.05) is 30.4 Å². The zero-order valence-corrected chi connectivity index (χ0v) is 15.9. The van der Waals surface area contributed by atoms with Gasteiger partial charge in [0.05, 0.1) is 7.11 Å². The fourth-order valence-electron chi connectivity index (χ4n) is 2.50. The summed E-state index contributed by atoms with van der Waals surface area (Å²) >= 11 is 0. The number of anilines is 1. The van der Waals surface area contributed by atoms with Crippen LogP contribution < -0.4 is 10.1 Å². The summed E-state index contributed by atoms with van der Waals surface area (Å²) < 4.78 is 58.3. The number of ether oxygens (including phenoxy) is 1. The topological polar surface area (TPSA) is 75.7 Å². The molecule has 1 N–H and O–H groups in total. The molecule has 0 atom stereocenters. The van der Waals surface area contributed by atoms with E-state index in [2.05, 4.69) is 5.32 Å². The van der Waals surface area contributed by atoms with E-state index in [1.807, 2.05) is 0 Å². The van der Waals surface area contributed by atoms with Crippen molar-refractivity contribution in [3.8, 4) is 5.75 Å². The lowest BCUT2D eigenvalue weighted by molar-refractivity contribution is 0.102. The van der Waals surface area contributed by atoms with E-state index in [9.17, 15) is 22.0 Å². The second kappa shape index (κ2) is 8.45. The Labute approximate surface area is 156 Å². The molecule has 27 heavy (non-hydrogen) atoms. The average molecular weight is 398 g/mol. The first kappa shape index (κ1) is 20.8. The van der Waals surface area contributed by atoms with Crippen LogP contribution >= 0.6 is 0 Å². The van der Waals surface area contributed by atoms with Crippen LogP contribution in [0.2, 0.25) is 0 Å². The molecule has 9 heteroatoms. The Morgan fingerprint density at radius 3 is 2.30 bits per heavy atom. The van der Waals surface area contributed by atoms with Gasteiger partial charge in [0.2, 0.25) is 10.0 Å². The Bertz CT molecular complexity index is 944. The van der Waals surface area contributed by atoms with Crippen molar-refractivity contribution in [1.82, 2.24) is 4.31 Å². The number of halogens is 2. The van der Waals surface area contributed by atoms with Crippen LogP contribution in [-0.2, 0) is 10.0 Å². The highest BCUT2D eigenvalue weighted by Crippen LogP contribution is 2.28. The van der Waals surface area contributed by atoms with Crippen LogP contribution in [0.15, 0.2) is 41.3 Å². The van der Waals surface area contributed by atoms with Crippen LogP contribution in [0.25, 0.3) is 0 Å². The molecule has 2 aromatic rings. The Balaban J connectivity index is 2.41. The van der Waals surface area contributed by atoms with Gasteiger partial charge in [0.1, 0.15) is 10.6 Å². The van der Waals surface area contributed by atoms with Crippen LogP contribution in [0, 0.1) is 11.6 Å². The summed E-state index contributed by atoms with van der Waals surface area (Å²) in [6.45, 7) is 3.92. The zero-order valence-electron chi connectivity index (χ0n) is 15.1. The maximum Gasteiger partial charge on any atom is 0.255 e. The zero-order chi connectivity index (χ0) is 20.2. The fraction of sp³-hybridized carbons (Fsp3) is 0.278. The minimum absolute atomic E-state index is 0.0336. The molecule has 146 valence electrons. The lowest BCUT2D eigenvalue weighted by Crippen LogP contribution is -2.31. The molecule has 0 bridgehead atoms. The van der Waals surface area contributed by atoms with E-state index in [4.69, 9.17) is 4.74 Å². The van der Waals surface area contributed by atoms with Crippen molar-refractivity contribution in [2.45, 2.75) is 18.7 Å². The highest BCUT2D eigenvalue weighted by Gasteiger charge is 2.26. The maximum atomic E-state index is 13.3. The number of nitrogens with zero attached hydrogens (tertiary/aromatic N) is 1. The van der Waals surface area contributed by atoms with Gasteiger partial charge in [-0.3, -0.25) is 4.79 Å². The van der Waals surface area contributed by atoms with Crippen molar-refractivity contribution in [2.75, 3.05) is 25.5 Å². The number of hydrogen-bond acceptors (Lipinski definition) is 4. The summed E-state index contributed by atoms with van der Waals surface area (Å²) in [4.78, 5) is 12.3. The number of carbonyl (C=O) groups is 1. The number of carbonyl (C=O) groups excluding carboxylic acids is 1. The fourth-order valence-corrected chi connectivity index (χ4v) is 4.14. The average Bonchev–Trinajstić information content (AvgIpc) is 2.65. The number of amides is 1. The molecule has 0 fully saturated rings. The molecule has 0 aliphatic carbocycles. The minimum Gasteiger partial charge on any atom is -0.495 e. The Kier molecular flexibility index (Phi) is 6.50. The summed E-state index contributed by atoms with van der Waals surface area (Å²) in [5, 5.41) is 2.40. The number of methoxy groups -OCH3 is 1. The molecule has 0 spiro atoms. The number of sulfonamides is 1. The lowest BCUT2D eigenvalue weighted by Gasteiger charge is -2.20. The first-order chi connectivity index (χ1) is 12.7. The highest BCUT2D eigenvalue weighted by atomic mass is 32.2. The van der Waals surface area contributed by atoms with Crippen molar-refractivity contribution in [3.63, 3.8) is 0 Å². The molecule has 0 saturated carbocycles. The predicted molar refractivity (Wildman–Crippen MR) is 97.4 cm³/mol. The van der Waals surface area contributed by atoms with Crippen LogP contribution in [0.5, 0.6) is 5.75 Å². The molecule has 0 unspecified atom stereocenters. The molecular formula is C18H20F2N2O4S. The van der Waals surface area contributed by atoms with E-state index in [0.29, 0.717) is 0 Å². The molecule has 0 saturated heterocycles. The third-order valence-electron chi connectivity index (χ3n) is 3.93. The van der Waals surface area contributed by atoms with Gasteiger partial charge in [0.25, 0.3) is 5.91 Å². The van der Waals surface area contributed by atoms with Crippen molar-refractivity contribution in [3.05, 3.63) is 53.6 Å². The summed E-state index contributed by atoms with van der Waals surface area (Å²) in [6, 6.07) is 6.88. The molecule has 2 rings (SSSR count). The van der Waals surface area contributed by atoms with E-state index >= 15 is 0 Å². The second-order valence-corrected chi connectivity index (χ2v) is 7.44. The second-order valence-electron chi connectivity index (χ2n) is 5.54. The van der Waals surface area contributed by atoms with Gasteiger partial charge in [-0.1, -0.05) is 13.8 Å². The van der Waals surface area contributed by atoms with Gasteiger partial charge in [-0.25, -0.2) is 17.2 Å². The highest BCUT2D eigenvalue weighted by molar-refractivity contribution is 7.89. The van der Waals surface area contributed by atoms with Gasteiger partial charge in [-0.15, -0.1) is 0 Å². The summed E-state index contributed by atoms with van der Waals surface area (Å²) in [5.41, 5.74) is 0.0779. The molecule has 0 aliphatic rings. The summed E-state index contributed by atoms with van der Waals surface area (Å²) in [6.07, 6.45) is 0. The Hall–Kier alpha value is -2.52. The first-order valence-corrected chi connectivity index (χ1v) is 9.63. The van der Waals surface area contributed by atoms with Crippen molar-refractivity contribution in [2.24, 2.45) is 0 Å². The number of benzene rings is 2. The number of rotatable bonds is 7. The van der Waals surface area contributed by atoms with Gasteiger partial charge < -0.3 is 10.1 Å². The smallest absolute Gasteiger partial charge is 0.255 e. The normalized spacial score (nSPS) is 11.5. The van der Waals surface area contributed by atoms with E-state index < -0.39 is 27.6 Å². The van der Waals surface area contributed by atoms with Gasteiger partial charge >= 0.3 is 0 Å². The van der Waals surface area contributed by atoms with Gasteiger partial charge in [-0.2, -0.15) is 4.31 Å². The van der Waals surface area contributed by atoms with Gasteiger partial charge in [-0.05, 0) is 30.3 Å². The Morgan fingerprint density at radius 1 is 1.07 bits per heavy atom. The van der Waals surface area contributed by atoms with E-state index in [1.54, 1.807) is 13.8 Å². The van der Waals surface area contributed by atoms with Crippen LogP contribution in [0.4, 0.5) is 14.5 Å². The lowest BCUT2D eigenvalue weighted by atomic mass is 10.2.